The lowest BCUT2D eigenvalue weighted by atomic mass is 10.00. The first-order chi connectivity index (χ1) is 13.0. The summed E-state index contributed by atoms with van der Waals surface area (Å²) in [5, 5.41) is 0. The first kappa shape index (κ1) is 18.2. The zero-order valence-electron chi connectivity index (χ0n) is 16.5. The normalized spacial score (nSPS) is 23.0. The average molecular weight is 367 g/mol. The van der Waals surface area contributed by atoms with E-state index in [2.05, 4.69) is 58.0 Å². The van der Waals surface area contributed by atoms with Crippen molar-refractivity contribution >= 4 is 5.91 Å². The second-order valence-electron chi connectivity index (χ2n) is 7.99. The molecule has 0 spiro atoms. The van der Waals surface area contributed by atoms with Crippen LogP contribution < -0.4 is 0 Å². The molecule has 144 valence electrons. The summed E-state index contributed by atoms with van der Waals surface area (Å²) in [7, 11) is 6.20. The highest BCUT2D eigenvalue weighted by Gasteiger charge is 2.40. The second-order valence-corrected chi connectivity index (χ2v) is 7.99. The Morgan fingerprint density at radius 3 is 2.70 bits per heavy atom. The molecule has 0 saturated carbocycles. The molecule has 0 aliphatic carbocycles. The molecule has 6 nitrogen and oxygen atoms in total. The van der Waals surface area contributed by atoms with Gasteiger partial charge >= 0.3 is 0 Å². The van der Waals surface area contributed by atoms with Gasteiger partial charge in [0.05, 0.1) is 17.7 Å². The van der Waals surface area contributed by atoms with E-state index in [4.69, 9.17) is 0 Å². The minimum Gasteiger partial charge on any atom is -0.339 e. The number of benzene rings is 1. The van der Waals surface area contributed by atoms with E-state index in [1.807, 2.05) is 24.0 Å². The van der Waals surface area contributed by atoms with Gasteiger partial charge in [-0.1, -0.05) is 30.3 Å². The van der Waals surface area contributed by atoms with Gasteiger partial charge in [-0.2, -0.15) is 0 Å². The van der Waals surface area contributed by atoms with Crippen LogP contribution in [0.4, 0.5) is 0 Å². The number of nitrogens with zero attached hydrogens (tertiary/aromatic N) is 5. The SMILES string of the molecule is CN(C)[C@H]1CCN(C(=O)[C@H]2c3c(ncn3C)CCN2Cc2ccccc2)C1. The predicted molar refractivity (Wildman–Crippen MR) is 105 cm³/mol. The van der Waals surface area contributed by atoms with Gasteiger partial charge in [-0.3, -0.25) is 9.69 Å². The molecule has 2 aliphatic heterocycles. The van der Waals surface area contributed by atoms with Gasteiger partial charge in [-0.25, -0.2) is 4.98 Å². The molecule has 1 amide bonds. The minimum atomic E-state index is -0.248. The van der Waals surface area contributed by atoms with Crippen LogP contribution in [-0.4, -0.2) is 69.9 Å². The number of carbonyl (C=O) groups excluding carboxylic acids is 1. The number of imidazole rings is 1. The third-order valence-corrected chi connectivity index (χ3v) is 5.99. The molecular formula is C21H29N5O. The summed E-state index contributed by atoms with van der Waals surface area (Å²) in [6.07, 6.45) is 3.79. The number of carbonyl (C=O) groups is 1. The first-order valence-corrected chi connectivity index (χ1v) is 9.78. The molecule has 0 bridgehead atoms. The molecule has 27 heavy (non-hydrogen) atoms. The predicted octanol–water partition coefficient (Wildman–Crippen LogP) is 1.68. The largest absolute Gasteiger partial charge is 0.339 e. The van der Waals surface area contributed by atoms with Crippen LogP contribution in [0.5, 0.6) is 0 Å². The monoisotopic (exact) mass is 367 g/mol. The molecule has 0 unspecified atom stereocenters. The van der Waals surface area contributed by atoms with Gasteiger partial charge in [0, 0.05) is 45.7 Å². The summed E-state index contributed by atoms with van der Waals surface area (Å²) in [6, 6.07) is 10.6. The van der Waals surface area contributed by atoms with E-state index in [1.165, 1.54) is 5.56 Å². The molecule has 6 heteroatoms. The molecule has 1 fully saturated rings. The second kappa shape index (κ2) is 7.44. The Morgan fingerprint density at radius 1 is 1.22 bits per heavy atom. The van der Waals surface area contributed by atoms with Gasteiger partial charge in [0.2, 0.25) is 5.91 Å². The maximum absolute atomic E-state index is 13.6. The number of likely N-dealkylation sites (tertiary alicyclic amines) is 1. The highest BCUT2D eigenvalue weighted by Crippen LogP contribution is 2.33. The summed E-state index contributed by atoms with van der Waals surface area (Å²) in [5.74, 6) is 0.222. The number of fused-ring (bicyclic) bond motifs is 1. The molecule has 1 saturated heterocycles. The Balaban J connectivity index is 1.62. The smallest absolute Gasteiger partial charge is 0.246 e. The summed E-state index contributed by atoms with van der Waals surface area (Å²) in [5.41, 5.74) is 3.38. The van der Waals surface area contributed by atoms with Crippen molar-refractivity contribution in [3.63, 3.8) is 0 Å². The van der Waals surface area contributed by atoms with Crippen LogP contribution in [0.2, 0.25) is 0 Å². The van der Waals surface area contributed by atoms with Gasteiger partial charge in [0.15, 0.2) is 0 Å². The fraction of sp³-hybridized carbons (Fsp3) is 0.524. The van der Waals surface area contributed by atoms with Crippen LogP contribution in [0.1, 0.15) is 29.4 Å². The lowest BCUT2D eigenvalue weighted by molar-refractivity contribution is -0.137. The fourth-order valence-electron chi connectivity index (χ4n) is 4.38. The van der Waals surface area contributed by atoms with Crippen molar-refractivity contribution in [2.24, 2.45) is 7.05 Å². The van der Waals surface area contributed by atoms with Gasteiger partial charge in [0.1, 0.15) is 6.04 Å². The minimum absolute atomic E-state index is 0.222. The zero-order valence-corrected chi connectivity index (χ0v) is 16.5. The molecule has 2 aromatic rings. The van der Waals surface area contributed by atoms with Crippen molar-refractivity contribution in [3.05, 3.63) is 53.6 Å². The van der Waals surface area contributed by atoms with Gasteiger partial charge in [0.25, 0.3) is 0 Å². The topological polar surface area (TPSA) is 44.6 Å². The lowest BCUT2D eigenvalue weighted by Gasteiger charge is -2.37. The highest BCUT2D eigenvalue weighted by atomic mass is 16.2. The van der Waals surface area contributed by atoms with E-state index in [1.54, 1.807) is 0 Å². The number of rotatable bonds is 4. The number of aryl methyl sites for hydroxylation is 1. The van der Waals surface area contributed by atoms with Crippen molar-refractivity contribution in [1.29, 1.82) is 0 Å². The van der Waals surface area contributed by atoms with E-state index < -0.39 is 0 Å². The molecule has 1 aromatic carbocycles. The number of likely N-dealkylation sites (N-methyl/N-ethyl adjacent to an activating group) is 1. The maximum Gasteiger partial charge on any atom is 0.246 e. The molecule has 2 aliphatic rings. The Bertz CT molecular complexity index is 800. The van der Waals surface area contributed by atoms with E-state index in [-0.39, 0.29) is 11.9 Å². The third-order valence-electron chi connectivity index (χ3n) is 5.99. The van der Waals surface area contributed by atoms with Crippen LogP contribution in [0, 0.1) is 0 Å². The number of amides is 1. The first-order valence-electron chi connectivity index (χ1n) is 9.78. The molecule has 2 atom stereocenters. The lowest BCUT2D eigenvalue weighted by Crippen LogP contribution is -2.46. The summed E-state index contributed by atoms with van der Waals surface area (Å²) >= 11 is 0. The fourth-order valence-corrected chi connectivity index (χ4v) is 4.38. The van der Waals surface area contributed by atoms with Crippen LogP contribution >= 0.6 is 0 Å². The van der Waals surface area contributed by atoms with Gasteiger partial charge in [-0.05, 0) is 26.1 Å². The van der Waals surface area contributed by atoms with Crippen molar-refractivity contribution in [2.75, 3.05) is 33.7 Å². The van der Waals surface area contributed by atoms with Crippen molar-refractivity contribution in [1.82, 2.24) is 24.3 Å². The number of hydrogen-bond donors (Lipinski definition) is 0. The molecule has 0 N–H and O–H groups in total. The van der Waals surface area contributed by atoms with Crippen molar-refractivity contribution < 1.29 is 4.79 Å². The summed E-state index contributed by atoms with van der Waals surface area (Å²) in [4.78, 5) is 24.8. The molecule has 1 aromatic heterocycles. The van der Waals surface area contributed by atoms with Gasteiger partial charge in [-0.15, -0.1) is 0 Å². The van der Waals surface area contributed by atoms with Crippen molar-refractivity contribution in [2.45, 2.75) is 31.5 Å². The molecular weight excluding hydrogens is 338 g/mol. The van der Waals surface area contributed by atoms with Gasteiger partial charge < -0.3 is 14.4 Å². The van der Waals surface area contributed by atoms with Crippen LogP contribution in [0.15, 0.2) is 36.7 Å². The Hall–Kier alpha value is -2.18. The molecule has 4 rings (SSSR count). The standard InChI is InChI=1S/C21H29N5O/c1-23(2)17-9-11-26(14-17)21(27)20-19-18(22-15-24(19)3)10-12-25(20)13-16-7-5-4-6-8-16/h4-8,15,17,20H,9-14H2,1-3H3/t17-,20+/m0/s1. The molecule has 0 radical (unpaired) electrons. The highest BCUT2D eigenvalue weighted by molar-refractivity contribution is 5.84. The zero-order chi connectivity index (χ0) is 19.0. The van der Waals surface area contributed by atoms with Crippen LogP contribution in [0.3, 0.4) is 0 Å². The summed E-state index contributed by atoms with van der Waals surface area (Å²) in [6.45, 7) is 3.30. The van der Waals surface area contributed by atoms with Crippen LogP contribution in [-0.2, 0) is 24.8 Å². The Kier molecular flexibility index (Phi) is 5.02. The van der Waals surface area contributed by atoms with E-state index >= 15 is 0 Å². The quantitative estimate of drug-likeness (QED) is 0.825. The maximum atomic E-state index is 13.6. The van der Waals surface area contributed by atoms with E-state index in [0.717, 1.165) is 50.4 Å². The average Bonchev–Trinajstić information content (AvgIpc) is 3.30. The van der Waals surface area contributed by atoms with E-state index in [0.29, 0.717) is 6.04 Å². The summed E-state index contributed by atoms with van der Waals surface area (Å²) < 4.78 is 2.04. The Labute approximate surface area is 161 Å². The van der Waals surface area contributed by atoms with Crippen molar-refractivity contribution in [3.8, 4) is 0 Å². The Morgan fingerprint density at radius 2 is 2.00 bits per heavy atom. The van der Waals surface area contributed by atoms with E-state index in [9.17, 15) is 4.79 Å². The number of aromatic nitrogens is 2. The van der Waals surface area contributed by atoms with Crippen LogP contribution in [0.25, 0.3) is 0 Å². The molecule has 3 heterocycles. The third kappa shape index (κ3) is 3.51. The number of hydrogen-bond acceptors (Lipinski definition) is 4.